The Hall–Kier alpha value is -4.08. The van der Waals surface area contributed by atoms with Crippen LogP contribution in [0.3, 0.4) is 0 Å². The van der Waals surface area contributed by atoms with Crippen LogP contribution in [0.15, 0.2) is 24.4 Å². The largest absolute Gasteiger partial charge is 0.463 e. The van der Waals surface area contributed by atoms with Crippen LogP contribution >= 0.6 is 0 Å². The van der Waals surface area contributed by atoms with Crippen LogP contribution in [0.2, 0.25) is 0 Å². The quantitative estimate of drug-likeness (QED) is 0.317. The van der Waals surface area contributed by atoms with Crippen molar-refractivity contribution in [2.45, 2.75) is 82.6 Å². The van der Waals surface area contributed by atoms with Crippen molar-refractivity contribution < 1.29 is 13.5 Å². The number of anilines is 3. The number of nitrogen functional groups attached to an aromatic ring is 2. The second-order valence-electron chi connectivity index (χ2n) is 14.5. The molecule has 10 nitrogen and oxygen atoms in total. The molecule has 3 atom stereocenters. The van der Waals surface area contributed by atoms with Crippen molar-refractivity contribution in [1.82, 2.24) is 24.8 Å². The molecule has 2 aliphatic heterocycles. The van der Waals surface area contributed by atoms with Gasteiger partial charge in [0.25, 0.3) is 0 Å². The summed E-state index contributed by atoms with van der Waals surface area (Å²) in [4.78, 5) is 20.9. The van der Waals surface area contributed by atoms with Gasteiger partial charge < -0.3 is 21.1 Å². The number of hydrogen-bond donors (Lipinski definition) is 2. The fourth-order valence-electron chi connectivity index (χ4n) is 8.61. The van der Waals surface area contributed by atoms with Gasteiger partial charge in [-0.1, -0.05) is 12.5 Å². The smallest absolute Gasteiger partial charge is 0.318 e. The lowest BCUT2D eigenvalue weighted by atomic mass is 9.68. The Morgan fingerprint density at radius 3 is 2.71 bits per heavy atom. The van der Waals surface area contributed by atoms with E-state index in [0.717, 1.165) is 67.8 Å². The van der Waals surface area contributed by atoms with Crippen LogP contribution in [0.1, 0.15) is 85.0 Å². The van der Waals surface area contributed by atoms with E-state index >= 15 is 4.39 Å². The van der Waals surface area contributed by atoms with Gasteiger partial charge in [0.2, 0.25) is 0 Å². The first-order valence-corrected chi connectivity index (χ1v) is 17.1. The normalized spacial score (nSPS) is 24.0. The molecule has 254 valence electrons. The predicted octanol–water partition coefficient (Wildman–Crippen LogP) is 5.06. The first kappa shape index (κ1) is 32.5. The van der Waals surface area contributed by atoms with Crippen molar-refractivity contribution in [3.63, 3.8) is 0 Å². The topological polar surface area (TPSA) is 133 Å². The molecule has 4 aliphatic rings. The number of likely N-dealkylation sites (tertiary alicyclic amines) is 1. The van der Waals surface area contributed by atoms with Crippen molar-refractivity contribution in [2.24, 2.45) is 5.41 Å². The predicted molar refractivity (Wildman–Crippen MR) is 181 cm³/mol. The Kier molecular flexibility index (Phi) is 8.40. The maximum absolute atomic E-state index is 15.4. The highest BCUT2D eigenvalue weighted by atomic mass is 19.1. The average molecular weight is 658 g/mol. The molecule has 2 aliphatic carbocycles. The van der Waals surface area contributed by atoms with Gasteiger partial charge in [0, 0.05) is 62.4 Å². The zero-order valence-corrected chi connectivity index (χ0v) is 28.1. The Morgan fingerprint density at radius 1 is 1.21 bits per heavy atom. The van der Waals surface area contributed by atoms with Gasteiger partial charge in [-0.05, 0) is 75.8 Å². The molecule has 4 heterocycles. The van der Waals surface area contributed by atoms with Crippen LogP contribution in [0.5, 0.6) is 6.01 Å². The summed E-state index contributed by atoms with van der Waals surface area (Å²) in [6.07, 6.45) is 7.16. The number of likely N-dealkylation sites (N-methyl/N-ethyl adjacent to an activating group) is 1. The number of hydrogen-bond acceptors (Lipinski definition) is 10. The monoisotopic (exact) mass is 657 g/mol. The lowest BCUT2D eigenvalue weighted by Gasteiger charge is -2.50. The Bertz CT molecular complexity index is 1760. The standard InChI is InChI=1S/C36H45F2N9O/c1-22(24-8-5-13-42-32(24)41)46(3)33-27-19-45(2)36(12-4-7-25-28(38)15-29(40)26(17-39)31(25)36)16-30(27)43-34(44-33)48-21-35(10-6-11-35)20-47-14-9-23(37)18-47/h5,8,13,15,22-23H,4,6-7,9-12,14,16,18-21,40H2,1-3H3,(H2,41,42)/t22-,23-,36-/m1/s1. The summed E-state index contributed by atoms with van der Waals surface area (Å²) in [5.41, 5.74) is 16.2. The number of pyridine rings is 1. The van der Waals surface area contributed by atoms with Gasteiger partial charge in [0.15, 0.2) is 0 Å². The number of nitrogens with zero attached hydrogens (tertiary/aromatic N) is 7. The number of benzene rings is 1. The van der Waals surface area contributed by atoms with Gasteiger partial charge in [-0.2, -0.15) is 15.2 Å². The summed E-state index contributed by atoms with van der Waals surface area (Å²) in [6.45, 7) is 5.05. The van der Waals surface area contributed by atoms with Crippen LogP contribution in [-0.4, -0.2) is 71.3 Å². The minimum atomic E-state index is -0.762. The van der Waals surface area contributed by atoms with Crippen molar-refractivity contribution in [3.05, 3.63) is 63.7 Å². The summed E-state index contributed by atoms with van der Waals surface area (Å²) in [7, 11) is 4.01. The number of nitriles is 1. The van der Waals surface area contributed by atoms with Gasteiger partial charge in [-0.15, -0.1) is 0 Å². The van der Waals surface area contributed by atoms with Gasteiger partial charge in [-0.3, -0.25) is 9.80 Å². The number of aromatic nitrogens is 3. The summed E-state index contributed by atoms with van der Waals surface area (Å²) in [5.74, 6) is 0.821. The van der Waals surface area contributed by atoms with Gasteiger partial charge >= 0.3 is 6.01 Å². The molecule has 7 rings (SSSR count). The molecular weight excluding hydrogens is 612 g/mol. The zero-order valence-electron chi connectivity index (χ0n) is 28.1. The molecule has 0 radical (unpaired) electrons. The van der Waals surface area contributed by atoms with Crippen LogP contribution in [-0.2, 0) is 24.9 Å². The maximum Gasteiger partial charge on any atom is 0.318 e. The van der Waals surface area contributed by atoms with Gasteiger partial charge in [-0.25, -0.2) is 13.8 Å². The molecule has 2 fully saturated rings. The van der Waals surface area contributed by atoms with Crippen LogP contribution in [0.25, 0.3) is 0 Å². The molecule has 12 heteroatoms. The van der Waals surface area contributed by atoms with E-state index < -0.39 is 11.7 Å². The van der Waals surface area contributed by atoms with E-state index in [4.69, 9.17) is 26.2 Å². The van der Waals surface area contributed by atoms with E-state index in [2.05, 4.69) is 32.7 Å². The highest BCUT2D eigenvalue weighted by molar-refractivity contribution is 5.64. The number of ether oxygens (including phenoxy) is 1. The van der Waals surface area contributed by atoms with E-state index in [1.807, 2.05) is 26.2 Å². The number of nitrogens with two attached hydrogens (primary N) is 2. The summed E-state index contributed by atoms with van der Waals surface area (Å²) in [5, 5.41) is 10.2. The molecule has 0 bridgehead atoms. The van der Waals surface area contributed by atoms with E-state index in [1.165, 1.54) is 6.07 Å². The molecular formula is C36H45F2N9O. The third-order valence-corrected chi connectivity index (χ3v) is 11.6. The molecule has 48 heavy (non-hydrogen) atoms. The molecule has 2 aromatic heterocycles. The second kappa shape index (κ2) is 12.4. The molecule has 4 N–H and O–H groups in total. The molecule has 1 spiro atoms. The van der Waals surface area contributed by atoms with E-state index in [0.29, 0.717) is 61.5 Å². The molecule has 1 saturated heterocycles. The number of alkyl halides is 1. The lowest BCUT2D eigenvalue weighted by molar-refractivity contribution is 0.0189. The van der Waals surface area contributed by atoms with Crippen LogP contribution < -0.4 is 21.1 Å². The Balaban J connectivity index is 1.29. The van der Waals surface area contributed by atoms with Crippen molar-refractivity contribution in [3.8, 4) is 12.1 Å². The molecule has 1 saturated carbocycles. The molecule has 0 unspecified atom stereocenters. The fourth-order valence-corrected chi connectivity index (χ4v) is 8.61. The third-order valence-electron chi connectivity index (χ3n) is 11.6. The maximum atomic E-state index is 15.4. The molecule has 0 amide bonds. The fraction of sp³-hybridized carbons (Fsp3) is 0.556. The molecule has 1 aromatic carbocycles. The Labute approximate surface area is 281 Å². The zero-order chi connectivity index (χ0) is 33.8. The number of halogens is 2. The number of fused-ring (bicyclic) bond motifs is 3. The minimum absolute atomic E-state index is 0.0622. The molecule has 3 aromatic rings. The van der Waals surface area contributed by atoms with E-state index in [9.17, 15) is 9.65 Å². The van der Waals surface area contributed by atoms with Gasteiger partial charge in [0.05, 0.1) is 35.1 Å². The van der Waals surface area contributed by atoms with Gasteiger partial charge in [0.1, 0.15) is 29.7 Å². The summed E-state index contributed by atoms with van der Waals surface area (Å²) in [6, 6.07) is 7.55. The van der Waals surface area contributed by atoms with Crippen molar-refractivity contribution in [2.75, 3.05) is 56.7 Å². The number of rotatable bonds is 8. The first-order chi connectivity index (χ1) is 23.0. The average Bonchev–Trinajstić information content (AvgIpc) is 3.46. The van der Waals surface area contributed by atoms with Crippen LogP contribution in [0.4, 0.5) is 26.1 Å². The summed E-state index contributed by atoms with van der Waals surface area (Å²) < 4.78 is 36.0. The highest BCUT2D eigenvalue weighted by Crippen LogP contribution is 2.50. The van der Waals surface area contributed by atoms with E-state index in [1.54, 1.807) is 6.20 Å². The van der Waals surface area contributed by atoms with Crippen molar-refractivity contribution >= 4 is 17.3 Å². The third kappa shape index (κ3) is 5.50. The highest BCUT2D eigenvalue weighted by Gasteiger charge is 2.48. The lowest BCUT2D eigenvalue weighted by Crippen LogP contribution is -2.51. The minimum Gasteiger partial charge on any atom is -0.463 e. The SMILES string of the molecule is C[C@H](c1cccnc1N)N(C)c1nc(OCC2(CN3CC[C@@H](F)C3)CCC2)nc2c1CN(C)[C@]1(CCCc3c(F)cc(N)c(C#N)c31)C2. The second-order valence-corrected chi connectivity index (χ2v) is 14.5. The van der Waals surface area contributed by atoms with Crippen LogP contribution in [0, 0.1) is 22.6 Å². The summed E-state index contributed by atoms with van der Waals surface area (Å²) >= 11 is 0. The Morgan fingerprint density at radius 2 is 2.02 bits per heavy atom. The van der Waals surface area contributed by atoms with Crippen molar-refractivity contribution in [1.29, 1.82) is 5.26 Å². The first-order valence-electron chi connectivity index (χ1n) is 17.1. The van der Waals surface area contributed by atoms with E-state index in [-0.39, 0.29) is 29.0 Å².